The second kappa shape index (κ2) is 8.14. The third kappa shape index (κ3) is 3.94. The van der Waals surface area contributed by atoms with Gasteiger partial charge in [-0.25, -0.2) is 9.59 Å². The quantitative estimate of drug-likeness (QED) is 0.785. The molecule has 2 saturated heterocycles. The van der Waals surface area contributed by atoms with Gasteiger partial charge in [0.05, 0.1) is 13.1 Å². The molecule has 2 fully saturated rings. The predicted octanol–water partition coefficient (Wildman–Crippen LogP) is 0.965. The number of carbonyl (C=O) groups is 3. The second-order valence-corrected chi connectivity index (χ2v) is 8.33. The number of ether oxygens (including phenoxy) is 1. The molecule has 0 bridgehead atoms. The topological polar surface area (TPSA) is 93.6 Å². The summed E-state index contributed by atoms with van der Waals surface area (Å²) in [4.78, 5) is 43.5. The Labute approximate surface area is 175 Å². The Morgan fingerprint density at radius 1 is 1.10 bits per heavy atom. The molecule has 3 aliphatic heterocycles. The number of fused-ring (bicyclic) bond motifs is 1. The first-order valence-corrected chi connectivity index (χ1v) is 10.3. The molecular weight excluding hydrogens is 388 g/mol. The van der Waals surface area contributed by atoms with Crippen molar-refractivity contribution in [2.45, 2.75) is 38.6 Å². The van der Waals surface area contributed by atoms with Crippen LogP contribution in [0.5, 0.6) is 0 Å². The van der Waals surface area contributed by atoms with E-state index in [1.165, 1.54) is 17.5 Å². The zero-order chi connectivity index (χ0) is 21.4. The van der Waals surface area contributed by atoms with Crippen molar-refractivity contribution in [3.05, 3.63) is 29.3 Å². The molecule has 0 radical (unpaired) electrons. The molecule has 1 aromatic carbocycles. The molecule has 3 heterocycles. The maximum absolute atomic E-state index is 12.8. The van der Waals surface area contributed by atoms with Crippen molar-refractivity contribution in [1.29, 1.82) is 0 Å². The normalized spacial score (nSPS) is 24.1. The monoisotopic (exact) mass is 416 g/mol. The molecule has 0 aliphatic carbocycles. The van der Waals surface area contributed by atoms with Crippen LogP contribution >= 0.6 is 0 Å². The Kier molecular flexibility index (Phi) is 5.55. The van der Waals surface area contributed by atoms with Crippen molar-refractivity contribution in [3.63, 3.8) is 0 Å². The minimum atomic E-state index is -1.07. The van der Waals surface area contributed by atoms with Crippen molar-refractivity contribution in [2.75, 3.05) is 44.7 Å². The Hall–Kier alpha value is -2.81. The van der Waals surface area contributed by atoms with E-state index in [9.17, 15) is 19.5 Å². The molecule has 0 saturated carbocycles. The van der Waals surface area contributed by atoms with Gasteiger partial charge in [0.15, 0.2) is 0 Å². The number of aliphatic carboxylic acids is 1. The lowest BCUT2D eigenvalue weighted by Gasteiger charge is -2.35. The fourth-order valence-electron chi connectivity index (χ4n) is 4.56. The molecule has 162 valence electrons. The summed E-state index contributed by atoms with van der Waals surface area (Å²) in [6, 6.07) is 5.23. The first-order chi connectivity index (χ1) is 14.3. The molecule has 3 aliphatic rings. The molecule has 9 nitrogen and oxygen atoms in total. The molecule has 2 atom stereocenters. The molecular formula is C21H28N4O5. The Balaban J connectivity index is 1.41. The number of carboxylic acid groups (broad SMARTS) is 1. The average molecular weight is 416 g/mol. The summed E-state index contributed by atoms with van der Waals surface area (Å²) >= 11 is 0. The van der Waals surface area contributed by atoms with Gasteiger partial charge in [-0.3, -0.25) is 9.69 Å². The number of piperazine rings is 1. The van der Waals surface area contributed by atoms with Crippen molar-refractivity contribution in [2.24, 2.45) is 0 Å². The van der Waals surface area contributed by atoms with E-state index < -0.39 is 24.2 Å². The van der Waals surface area contributed by atoms with Gasteiger partial charge in [0.2, 0.25) is 5.91 Å². The fraction of sp³-hybridized carbons (Fsp3) is 0.571. The van der Waals surface area contributed by atoms with E-state index in [2.05, 4.69) is 22.9 Å². The third-order valence-electron chi connectivity index (χ3n) is 6.28. The van der Waals surface area contributed by atoms with Crippen molar-refractivity contribution in [3.8, 4) is 0 Å². The van der Waals surface area contributed by atoms with Gasteiger partial charge in [-0.05, 0) is 24.2 Å². The van der Waals surface area contributed by atoms with Gasteiger partial charge >= 0.3 is 12.1 Å². The molecule has 0 aromatic heterocycles. The summed E-state index contributed by atoms with van der Waals surface area (Å²) in [6.45, 7) is 6.32. The van der Waals surface area contributed by atoms with Crippen LogP contribution in [0.25, 0.3) is 0 Å². The van der Waals surface area contributed by atoms with Crippen LogP contribution in [0.2, 0.25) is 0 Å². The lowest BCUT2D eigenvalue weighted by molar-refractivity contribution is -0.147. The highest BCUT2D eigenvalue weighted by Crippen LogP contribution is 2.33. The van der Waals surface area contributed by atoms with Crippen LogP contribution < -0.4 is 4.90 Å². The Morgan fingerprint density at radius 2 is 1.83 bits per heavy atom. The Morgan fingerprint density at radius 3 is 2.47 bits per heavy atom. The minimum Gasteiger partial charge on any atom is -0.480 e. The van der Waals surface area contributed by atoms with Gasteiger partial charge in [0.1, 0.15) is 12.1 Å². The zero-order valence-electron chi connectivity index (χ0n) is 17.4. The van der Waals surface area contributed by atoms with Crippen LogP contribution in [0.1, 0.15) is 24.5 Å². The largest absolute Gasteiger partial charge is 0.480 e. The minimum absolute atomic E-state index is 0.116. The summed E-state index contributed by atoms with van der Waals surface area (Å²) in [5, 5.41) is 9.33. The number of anilines is 1. The average Bonchev–Trinajstić information content (AvgIpc) is 3.33. The number of likely N-dealkylation sites (tertiary alicyclic amines) is 1. The molecule has 9 heteroatoms. The standard InChI is InChI=1S/C21H28N4O5/c1-14(26)25-12-16(10-19(25)20(27)28)30-21(29)24-11-15-4-3-5-18(17(15)13-24)23-8-6-22(2)7-9-23/h3-5,16,19H,6-13H2,1-2H3,(H,27,28)/t16-,19+/m1/s1. The van der Waals surface area contributed by atoms with Crippen LogP contribution in [0.3, 0.4) is 0 Å². The van der Waals surface area contributed by atoms with Crippen LogP contribution in [0.4, 0.5) is 10.5 Å². The maximum atomic E-state index is 12.8. The lowest BCUT2D eigenvalue weighted by atomic mass is 10.1. The Bertz CT molecular complexity index is 830. The van der Waals surface area contributed by atoms with Gasteiger partial charge in [-0.2, -0.15) is 0 Å². The van der Waals surface area contributed by atoms with Gasteiger partial charge in [0, 0.05) is 51.8 Å². The summed E-state index contributed by atoms with van der Waals surface area (Å²) in [7, 11) is 2.12. The number of carbonyl (C=O) groups excluding carboxylic acids is 2. The van der Waals surface area contributed by atoms with E-state index in [0.717, 1.165) is 37.3 Å². The molecule has 1 N–H and O–H groups in total. The van der Waals surface area contributed by atoms with Crippen LogP contribution in [0, 0.1) is 0 Å². The summed E-state index contributed by atoms with van der Waals surface area (Å²) in [5.41, 5.74) is 3.44. The molecule has 4 rings (SSSR count). The van der Waals surface area contributed by atoms with Gasteiger partial charge < -0.3 is 24.5 Å². The summed E-state index contributed by atoms with van der Waals surface area (Å²) in [5.74, 6) is -1.40. The molecule has 0 spiro atoms. The van der Waals surface area contributed by atoms with Crippen molar-refractivity contribution >= 4 is 23.7 Å². The highest BCUT2D eigenvalue weighted by molar-refractivity contribution is 5.83. The smallest absolute Gasteiger partial charge is 0.410 e. The van der Waals surface area contributed by atoms with E-state index >= 15 is 0 Å². The van der Waals surface area contributed by atoms with Gasteiger partial charge in [-0.15, -0.1) is 0 Å². The maximum Gasteiger partial charge on any atom is 0.410 e. The first-order valence-electron chi connectivity index (χ1n) is 10.3. The summed E-state index contributed by atoms with van der Waals surface area (Å²) in [6.07, 6.45) is -0.952. The van der Waals surface area contributed by atoms with E-state index in [4.69, 9.17) is 4.74 Å². The number of hydrogen-bond acceptors (Lipinski definition) is 6. The SMILES string of the molecule is CC(=O)N1C[C@H](OC(=O)N2Cc3cccc(N4CCN(C)CC4)c3C2)C[C@H]1C(=O)O. The predicted molar refractivity (Wildman–Crippen MR) is 109 cm³/mol. The van der Waals surface area contributed by atoms with Crippen LogP contribution in [0.15, 0.2) is 18.2 Å². The molecule has 0 unspecified atom stereocenters. The third-order valence-corrected chi connectivity index (χ3v) is 6.28. The number of likely N-dealkylation sites (N-methyl/N-ethyl adjacent to an activating group) is 1. The number of rotatable bonds is 3. The number of carboxylic acids is 1. The zero-order valence-corrected chi connectivity index (χ0v) is 17.4. The van der Waals surface area contributed by atoms with Crippen LogP contribution in [-0.4, -0.2) is 89.7 Å². The highest BCUT2D eigenvalue weighted by Gasteiger charge is 2.41. The van der Waals surface area contributed by atoms with E-state index in [1.54, 1.807) is 4.90 Å². The van der Waals surface area contributed by atoms with E-state index in [1.807, 2.05) is 12.1 Å². The van der Waals surface area contributed by atoms with E-state index in [-0.39, 0.29) is 18.9 Å². The number of hydrogen-bond donors (Lipinski definition) is 1. The number of nitrogens with zero attached hydrogens (tertiary/aromatic N) is 4. The van der Waals surface area contributed by atoms with Gasteiger partial charge in [-0.1, -0.05) is 12.1 Å². The van der Waals surface area contributed by atoms with Gasteiger partial charge in [0.25, 0.3) is 0 Å². The second-order valence-electron chi connectivity index (χ2n) is 8.33. The van der Waals surface area contributed by atoms with E-state index in [0.29, 0.717) is 13.1 Å². The molecule has 2 amide bonds. The van der Waals surface area contributed by atoms with Crippen molar-refractivity contribution < 1.29 is 24.2 Å². The lowest BCUT2D eigenvalue weighted by Crippen LogP contribution is -2.44. The first kappa shape index (κ1) is 20.5. The van der Waals surface area contributed by atoms with Crippen LogP contribution in [-0.2, 0) is 27.4 Å². The summed E-state index contributed by atoms with van der Waals surface area (Å²) < 4.78 is 5.60. The highest BCUT2D eigenvalue weighted by atomic mass is 16.6. The molecule has 1 aromatic rings. The number of benzene rings is 1. The number of amides is 2. The van der Waals surface area contributed by atoms with Crippen molar-refractivity contribution in [1.82, 2.24) is 14.7 Å². The fourth-order valence-corrected chi connectivity index (χ4v) is 4.56. The molecule has 30 heavy (non-hydrogen) atoms.